The third-order valence-electron chi connectivity index (χ3n) is 5.42. The Balaban J connectivity index is 0.00000196. The van der Waals surface area contributed by atoms with Crippen LogP contribution in [0, 0.1) is 11.3 Å². The normalized spacial score (nSPS) is 20.7. The van der Waals surface area contributed by atoms with Crippen LogP contribution in [0.3, 0.4) is 0 Å². The second-order valence-corrected chi connectivity index (χ2v) is 7.43. The topological polar surface area (TPSA) is 84.7 Å². The van der Waals surface area contributed by atoms with Gasteiger partial charge >= 0.3 is 0 Å². The van der Waals surface area contributed by atoms with Gasteiger partial charge in [0.1, 0.15) is 5.82 Å². The molecule has 4 rings (SSSR count). The molecule has 26 heavy (non-hydrogen) atoms. The molecule has 1 atom stereocenters. The zero-order valence-electron chi connectivity index (χ0n) is 15.1. The Hall–Kier alpha value is -1.99. The van der Waals surface area contributed by atoms with E-state index in [1.165, 1.54) is 0 Å². The lowest BCUT2D eigenvalue weighted by molar-refractivity contribution is -0.118. The summed E-state index contributed by atoms with van der Waals surface area (Å²) in [4.78, 5) is 21.3. The summed E-state index contributed by atoms with van der Waals surface area (Å²) in [5.41, 5.74) is 1.12. The zero-order valence-corrected chi connectivity index (χ0v) is 15.9. The van der Waals surface area contributed by atoms with Crippen LogP contribution < -0.4 is 10.6 Å². The maximum absolute atomic E-state index is 12.8. The standard InChI is InChI=1S/C18H24N6O.ClH/c1-12(2)14-10-15(24(23-14)17-20-6-3-7-21-17)22-16(25)13-11-18(13)4-8-19-9-5-18;/h3,6-7,10,12-13,19H,4-5,8-9,11H2,1-2H3,(H,22,25);1H. The number of rotatable bonds is 4. The molecule has 2 aromatic rings. The highest BCUT2D eigenvalue weighted by atomic mass is 35.5. The van der Waals surface area contributed by atoms with Gasteiger partial charge in [0, 0.05) is 24.4 Å². The monoisotopic (exact) mass is 376 g/mol. The number of aromatic nitrogens is 4. The number of piperidine rings is 1. The summed E-state index contributed by atoms with van der Waals surface area (Å²) in [5, 5.41) is 11.0. The predicted molar refractivity (Wildman–Crippen MR) is 102 cm³/mol. The van der Waals surface area contributed by atoms with E-state index in [9.17, 15) is 4.79 Å². The van der Waals surface area contributed by atoms with Gasteiger partial charge in [-0.15, -0.1) is 12.4 Å². The number of halogens is 1. The van der Waals surface area contributed by atoms with E-state index in [4.69, 9.17) is 0 Å². The van der Waals surface area contributed by atoms with Crippen molar-refractivity contribution in [2.45, 2.75) is 39.0 Å². The van der Waals surface area contributed by atoms with E-state index in [1.807, 2.05) is 6.07 Å². The molecule has 1 aliphatic heterocycles. The second-order valence-electron chi connectivity index (χ2n) is 7.43. The zero-order chi connectivity index (χ0) is 17.4. The first-order valence-corrected chi connectivity index (χ1v) is 8.98. The third-order valence-corrected chi connectivity index (χ3v) is 5.42. The van der Waals surface area contributed by atoms with Gasteiger partial charge in [0.05, 0.1) is 5.69 Å². The molecule has 1 saturated carbocycles. The first kappa shape index (κ1) is 18.8. The number of carbonyl (C=O) groups is 1. The molecule has 140 valence electrons. The van der Waals surface area contributed by atoms with Crippen molar-refractivity contribution >= 4 is 24.1 Å². The first-order chi connectivity index (χ1) is 12.1. The summed E-state index contributed by atoms with van der Waals surface area (Å²) < 4.78 is 1.63. The summed E-state index contributed by atoms with van der Waals surface area (Å²) in [5.74, 6) is 1.58. The maximum atomic E-state index is 12.8. The fraction of sp³-hybridized carbons (Fsp3) is 0.556. The average molecular weight is 377 g/mol. The van der Waals surface area contributed by atoms with Crippen molar-refractivity contribution in [1.29, 1.82) is 0 Å². The number of nitrogens with one attached hydrogen (secondary N) is 2. The summed E-state index contributed by atoms with van der Waals surface area (Å²) in [6, 6.07) is 3.69. The fourth-order valence-electron chi connectivity index (χ4n) is 3.73. The molecular weight excluding hydrogens is 352 g/mol. The van der Waals surface area contributed by atoms with E-state index in [-0.39, 0.29) is 35.6 Å². The van der Waals surface area contributed by atoms with Gasteiger partial charge < -0.3 is 10.6 Å². The van der Waals surface area contributed by atoms with Crippen molar-refractivity contribution in [3.05, 3.63) is 30.2 Å². The van der Waals surface area contributed by atoms with Crippen molar-refractivity contribution in [2.75, 3.05) is 18.4 Å². The van der Waals surface area contributed by atoms with Crippen molar-refractivity contribution < 1.29 is 4.79 Å². The molecule has 1 unspecified atom stereocenters. The number of hydrogen-bond donors (Lipinski definition) is 2. The third kappa shape index (κ3) is 3.46. The minimum absolute atomic E-state index is 0. The van der Waals surface area contributed by atoms with E-state index < -0.39 is 0 Å². The summed E-state index contributed by atoms with van der Waals surface area (Å²) in [7, 11) is 0. The van der Waals surface area contributed by atoms with E-state index in [0.717, 1.165) is 38.0 Å². The van der Waals surface area contributed by atoms with Crippen molar-refractivity contribution in [3.8, 4) is 5.95 Å². The van der Waals surface area contributed by atoms with Gasteiger partial charge in [-0.25, -0.2) is 9.97 Å². The van der Waals surface area contributed by atoms with Gasteiger partial charge in [-0.3, -0.25) is 4.79 Å². The molecule has 1 saturated heterocycles. The average Bonchev–Trinajstić information content (AvgIpc) is 3.14. The number of nitrogens with zero attached hydrogens (tertiary/aromatic N) is 4. The predicted octanol–water partition coefficient (Wildman–Crippen LogP) is 2.54. The number of hydrogen-bond acceptors (Lipinski definition) is 5. The number of anilines is 1. The SMILES string of the molecule is CC(C)c1cc(NC(=O)C2CC23CCNCC3)n(-c2ncccn2)n1.Cl. The molecule has 2 aliphatic rings. The van der Waals surface area contributed by atoms with Gasteiger partial charge in [0.15, 0.2) is 0 Å². The molecule has 1 aliphatic carbocycles. The first-order valence-electron chi connectivity index (χ1n) is 8.98. The highest BCUT2D eigenvalue weighted by Gasteiger charge is 2.57. The number of carbonyl (C=O) groups excluding carboxylic acids is 1. The maximum Gasteiger partial charge on any atom is 0.252 e. The molecule has 7 nitrogen and oxygen atoms in total. The van der Waals surface area contributed by atoms with Crippen LogP contribution in [0.1, 0.15) is 44.7 Å². The van der Waals surface area contributed by atoms with Gasteiger partial charge in [-0.2, -0.15) is 9.78 Å². The van der Waals surface area contributed by atoms with Crippen LogP contribution in [0.4, 0.5) is 5.82 Å². The van der Waals surface area contributed by atoms with Gasteiger partial charge in [0.25, 0.3) is 5.95 Å². The molecule has 3 heterocycles. The van der Waals surface area contributed by atoms with Crippen molar-refractivity contribution in [3.63, 3.8) is 0 Å². The van der Waals surface area contributed by atoms with Crippen LogP contribution in [0.25, 0.3) is 5.95 Å². The second kappa shape index (κ2) is 7.32. The van der Waals surface area contributed by atoms with E-state index in [2.05, 4.69) is 39.5 Å². The summed E-state index contributed by atoms with van der Waals surface area (Å²) >= 11 is 0. The van der Waals surface area contributed by atoms with Crippen LogP contribution in [-0.4, -0.2) is 38.7 Å². The molecule has 2 aromatic heterocycles. The Morgan fingerprint density at radius 3 is 2.65 bits per heavy atom. The molecule has 1 spiro atoms. The molecule has 0 aromatic carbocycles. The highest BCUT2D eigenvalue weighted by Crippen LogP contribution is 2.58. The Bertz CT molecular complexity index is 769. The smallest absolute Gasteiger partial charge is 0.252 e. The quantitative estimate of drug-likeness (QED) is 0.856. The lowest BCUT2D eigenvalue weighted by atomic mass is 9.92. The van der Waals surface area contributed by atoms with Crippen LogP contribution in [-0.2, 0) is 4.79 Å². The van der Waals surface area contributed by atoms with E-state index in [0.29, 0.717) is 11.8 Å². The van der Waals surface area contributed by atoms with Crippen molar-refractivity contribution in [1.82, 2.24) is 25.1 Å². The van der Waals surface area contributed by atoms with E-state index >= 15 is 0 Å². The Kier molecular flexibility index (Phi) is 5.29. The molecule has 8 heteroatoms. The molecule has 0 radical (unpaired) electrons. The number of amides is 1. The Labute approximate surface area is 159 Å². The van der Waals surface area contributed by atoms with Gasteiger partial charge in [0.2, 0.25) is 5.91 Å². The van der Waals surface area contributed by atoms with Gasteiger partial charge in [-0.1, -0.05) is 13.8 Å². The lowest BCUT2D eigenvalue weighted by Crippen LogP contribution is -2.31. The molecule has 2 fully saturated rings. The summed E-state index contributed by atoms with van der Waals surface area (Å²) in [6.07, 6.45) is 6.52. The van der Waals surface area contributed by atoms with Gasteiger partial charge in [-0.05, 0) is 49.8 Å². The van der Waals surface area contributed by atoms with Crippen molar-refractivity contribution in [2.24, 2.45) is 11.3 Å². The van der Waals surface area contributed by atoms with E-state index in [1.54, 1.807) is 23.1 Å². The minimum Gasteiger partial charge on any atom is -0.317 e. The highest BCUT2D eigenvalue weighted by molar-refractivity contribution is 5.94. The van der Waals surface area contributed by atoms with Crippen LogP contribution in [0.2, 0.25) is 0 Å². The molecular formula is C18H25ClN6O. The van der Waals surface area contributed by atoms with Crippen LogP contribution >= 0.6 is 12.4 Å². The fourth-order valence-corrected chi connectivity index (χ4v) is 3.73. The molecule has 0 bridgehead atoms. The van der Waals surface area contributed by atoms with Crippen LogP contribution in [0.15, 0.2) is 24.5 Å². The molecule has 2 N–H and O–H groups in total. The largest absolute Gasteiger partial charge is 0.317 e. The minimum atomic E-state index is 0. The lowest BCUT2D eigenvalue weighted by Gasteiger charge is -2.23. The Morgan fingerprint density at radius 2 is 2.00 bits per heavy atom. The molecule has 1 amide bonds. The Morgan fingerprint density at radius 1 is 1.31 bits per heavy atom. The summed E-state index contributed by atoms with van der Waals surface area (Å²) in [6.45, 7) is 6.18. The van der Waals surface area contributed by atoms with Crippen LogP contribution in [0.5, 0.6) is 0 Å².